The minimum atomic E-state index is -0.148. The molecule has 0 atom stereocenters. The molecule has 0 saturated carbocycles. The molecule has 4 nitrogen and oxygen atoms in total. The Morgan fingerprint density at radius 3 is 2.89 bits per heavy atom. The lowest BCUT2D eigenvalue weighted by Gasteiger charge is -2.05. The standard InChI is InChI=1S/C13H19BrN2O2/c1-2-3-9-18-10-5-8-15-13(17)11-6-4-7-12(14)16-11/h4,6-7H,2-3,5,8-10H2,1H3,(H,15,17). The Balaban J connectivity index is 2.14. The second-order valence-electron chi connectivity index (χ2n) is 3.92. The molecule has 0 aromatic carbocycles. The summed E-state index contributed by atoms with van der Waals surface area (Å²) >= 11 is 3.24. The number of hydrogen-bond acceptors (Lipinski definition) is 3. The van der Waals surface area contributed by atoms with Crippen LogP contribution in [0.3, 0.4) is 0 Å². The summed E-state index contributed by atoms with van der Waals surface area (Å²) in [5.41, 5.74) is 0.427. The van der Waals surface area contributed by atoms with Gasteiger partial charge in [0, 0.05) is 19.8 Å². The predicted octanol–water partition coefficient (Wildman–Crippen LogP) is 2.78. The van der Waals surface area contributed by atoms with Crippen molar-refractivity contribution in [3.8, 4) is 0 Å². The number of pyridine rings is 1. The average Bonchev–Trinajstić information content (AvgIpc) is 2.37. The van der Waals surface area contributed by atoms with Crippen molar-refractivity contribution < 1.29 is 9.53 Å². The summed E-state index contributed by atoms with van der Waals surface area (Å²) in [5, 5.41) is 2.81. The molecule has 1 rings (SSSR count). The highest BCUT2D eigenvalue weighted by atomic mass is 79.9. The van der Waals surface area contributed by atoms with E-state index < -0.39 is 0 Å². The molecule has 0 aliphatic heterocycles. The summed E-state index contributed by atoms with van der Waals surface area (Å²) in [6.45, 7) is 4.23. The van der Waals surface area contributed by atoms with Gasteiger partial charge in [-0.2, -0.15) is 0 Å². The van der Waals surface area contributed by atoms with Gasteiger partial charge in [0.2, 0.25) is 0 Å². The number of amides is 1. The van der Waals surface area contributed by atoms with Gasteiger partial charge in [0.05, 0.1) is 0 Å². The van der Waals surface area contributed by atoms with Crippen molar-refractivity contribution in [2.24, 2.45) is 0 Å². The summed E-state index contributed by atoms with van der Waals surface area (Å²) in [6, 6.07) is 5.27. The van der Waals surface area contributed by atoms with Crippen molar-refractivity contribution in [3.05, 3.63) is 28.5 Å². The van der Waals surface area contributed by atoms with E-state index in [1.165, 1.54) is 0 Å². The van der Waals surface area contributed by atoms with Gasteiger partial charge in [-0.1, -0.05) is 19.4 Å². The molecular formula is C13H19BrN2O2. The molecule has 0 unspecified atom stereocenters. The molecule has 0 fully saturated rings. The zero-order valence-electron chi connectivity index (χ0n) is 10.6. The van der Waals surface area contributed by atoms with Crippen molar-refractivity contribution >= 4 is 21.8 Å². The van der Waals surface area contributed by atoms with Crippen LogP contribution < -0.4 is 5.32 Å². The summed E-state index contributed by atoms with van der Waals surface area (Å²) in [4.78, 5) is 15.8. The second-order valence-corrected chi connectivity index (χ2v) is 4.73. The lowest BCUT2D eigenvalue weighted by atomic mass is 10.3. The minimum Gasteiger partial charge on any atom is -0.381 e. The maximum absolute atomic E-state index is 11.7. The van der Waals surface area contributed by atoms with Crippen molar-refractivity contribution in [3.63, 3.8) is 0 Å². The average molecular weight is 315 g/mol. The van der Waals surface area contributed by atoms with Crippen LogP contribution in [0.1, 0.15) is 36.7 Å². The Morgan fingerprint density at radius 2 is 2.17 bits per heavy atom. The van der Waals surface area contributed by atoms with Crippen molar-refractivity contribution in [2.75, 3.05) is 19.8 Å². The molecule has 1 amide bonds. The fraction of sp³-hybridized carbons (Fsp3) is 0.538. The molecule has 0 bridgehead atoms. The number of nitrogens with zero attached hydrogens (tertiary/aromatic N) is 1. The highest BCUT2D eigenvalue weighted by molar-refractivity contribution is 9.10. The molecule has 18 heavy (non-hydrogen) atoms. The summed E-state index contributed by atoms with van der Waals surface area (Å²) in [7, 11) is 0. The number of nitrogens with one attached hydrogen (secondary N) is 1. The maximum Gasteiger partial charge on any atom is 0.269 e. The zero-order valence-corrected chi connectivity index (χ0v) is 12.2. The molecule has 0 aliphatic carbocycles. The van der Waals surface area contributed by atoms with E-state index in [1.807, 2.05) is 0 Å². The maximum atomic E-state index is 11.7. The van der Waals surface area contributed by atoms with E-state index in [0.29, 0.717) is 23.4 Å². The van der Waals surface area contributed by atoms with Crippen LogP contribution in [0.25, 0.3) is 0 Å². The van der Waals surface area contributed by atoms with E-state index in [2.05, 4.69) is 33.2 Å². The van der Waals surface area contributed by atoms with E-state index in [4.69, 9.17) is 4.74 Å². The first-order valence-electron chi connectivity index (χ1n) is 6.22. The van der Waals surface area contributed by atoms with Gasteiger partial charge < -0.3 is 10.1 Å². The summed E-state index contributed by atoms with van der Waals surface area (Å²) < 4.78 is 6.07. The van der Waals surface area contributed by atoms with E-state index in [9.17, 15) is 4.79 Å². The Bertz CT molecular complexity index is 372. The van der Waals surface area contributed by atoms with E-state index in [1.54, 1.807) is 18.2 Å². The third kappa shape index (κ3) is 6.12. The van der Waals surface area contributed by atoms with Gasteiger partial charge >= 0.3 is 0 Å². The van der Waals surface area contributed by atoms with Crippen LogP contribution in [-0.4, -0.2) is 30.6 Å². The third-order valence-electron chi connectivity index (χ3n) is 2.34. The fourth-order valence-electron chi connectivity index (χ4n) is 1.35. The van der Waals surface area contributed by atoms with Crippen LogP contribution in [-0.2, 0) is 4.74 Å². The molecule has 1 aromatic rings. The SMILES string of the molecule is CCCCOCCCNC(=O)c1cccc(Br)n1. The Labute approximate surface area is 116 Å². The number of ether oxygens (including phenoxy) is 1. The lowest BCUT2D eigenvalue weighted by molar-refractivity contribution is 0.0935. The Hall–Kier alpha value is -0.940. The first kappa shape index (κ1) is 15.1. The number of carbonyl (C=O) groups excluding carboxylic acids is 1. The number of halogens is 1. The van der Waals surface area contributed by atoms with Crippen LogP contribution in [0.15, 0.2) is 22.8 Å². The van der Waals surface area contributed by atoms with Crippen LogP contribution in [0.4, 0.5) is 0 Å². The van der Waals surface area contributed by atoms with E-state index in [0.717, 1.165) is 25.9 Å². The van der Waals surface area contributed by atoms with E-state index in [-0.39, 0.29) is 5.91 Å². The van der Waals surface area contributed by atoms with Crippen LogP contribution in [0, 0.1) is 0 Å². The molecule has 1 aromatic heterocycles. The van der Waals surface area contributed by atoms with Crippen LogP contribution >= 0.6 is 15.9 Å². The molecule has 100 valence electrons. The smallest absolute Gasteiger partial charge is 0.269 e. The van der Waals surface area contributed by atoms with Gasteiger partial charge in [-0.3, -0.25) is 4.79 Å². The summed E-state index contributed by atoms with van der Waals surface area (Å²) in [6.07, 6.45) is 3.06. The van der Waals surface area contributed by atoms with Crippen molar-refractivity contribution in [2.45, 2.75) is 26.2 Å². The number of aromatic nitrogens is 1. The van der Waals surface area contributed by atoms with Gasteiger partial charge in [-0.25, -0.2) is 4.98 Å². The molecule has 0 aliphatic rings. The van der Waals surface area contributed by atoms with Crippen molar-refractivity contribution in [1.82, 2.24) is 10.3 Å². The first-order chi connectivity index (χ1) is 8.74. The number of hydrogen-bond donors (Lipinski definition) is 1. The number of rotatable bonds is 8. The zero-order chi connectivity index (χ0) is 13.2. The Morgan fingerprint density at radius 1 is 1.39 bits per heavy atom. The molecule has 0 spiro atoms. The molecular weight excluding hydrogens is 296 g/mol. The molecule has 0 radical (unpaired) electrons. The van der Waals surface area contributed by atoms with Gasteiger partial charge in [-0.05, 0) is 40.9 Å². The molecule has 0 saturated heterocycles. The van der Waals surface area contributed by atoms with Gasteiger partial charge in [-0.15, -0.1) is 0 Å². The van der Waals surface area contributed by atoms with E-state index >= 15 is 0 Å². The highest BCUT2D eigenvalue weighted by Crippen LogP contribution is 2.05. The third-order valence-corrected chi connectivity index (χ3v) is 2.78. The second kappa shape index (κ2) is 9.05. The Kier molecular flexibility index (Phi) is 7.60. The number of carbonyl (C=O) groups is 1. The van der Waals surface area contributed by atoms with Gasteiger partial charge in [0.1, 0.15) is 10.3 Å². The summed E-state index contributed by atoms with van der Waals surface area (Å²) in [5.74, 6) is -0.148. The normalized spacial score (nSPS) is 10.3. The van der Waals surface area contributed by atoms with Gasteiger partial charge in [0.25, 0.3) is 5.91 Å². The highest BCUT2D eigenvalue weighted by Gasteiger charge is 2.05. The predicted molar refractivity (Wildman–Crippen MR) is 74.6 cm³/mol. The fourth-order valence-corrected chi connectivity index (χ4v) is 1.69. The largest absolute Gasteiger partial charge is 0.381 e. The molecule has 5 heteroatoms. The molecule has 1 heterocycles. The number of unbranched alkanes of at least 4 members (excludes halogenated alkanes) is 1. The van der Waals surface area contributed by atoms with Crippen molar-refractivity contribution in [1.29, 1.82) is 0 Å². The van der Waals surface area contributed by atoms with Crippen LogP contribution in [0.2, 0.25) is 0 Å². The minimum absolute atomic E-state index is 0.148. The van der Waals surface area contributed by atoms with Gasteiger partial charge in [0.15, 0.2) is 0 Å². The lowest BCUT2D eigenvalue weighted by Crippen LogP contribution is -2.26. The molecule has 1 N–H and O–H groups in total. The van der Waals surface area contributed by atoms with Crippen LogP contribution in [0.5, 0.6) is 0 Å². The topological polar surface area (TPSA) is 51.2 Å². The monoisotopic (exact) mass is 314 g/mol. The first-order valence-corrected chi connectivity index (χ1v) is 7.02. The quantitative estimate of drug-likeness (QED) is 0.593.